The van der Waals surface area contributed by atoms with Crippen LogP contribution in [0.3, 0.4) is 0 Å². The van der Waals surface area contributed by atoms with Gasteiger partial charge in [0.2, 0.25) is 0 Å². The molecule has 0 aromatic heterocycles. The predicted octanol–water partition coefficient (Wildman–Crippen LogP) is 5.19. The molecule has 0 bridgehead atoms. The lowest BCUT2D eigenvalue weighted by Gasteiger charge is -2.21. The molecule has 0 spiro atoms. The largest absolute Gasteiger partial charge is 0.478 e. The van der Waals surface area contributed by atoms with Gasteiger partial charge in [-0.25, -0.2) is 4.79 Å². The van der Waals surface area contributed by atoms with Crippen molar-refractivity contribution in [2.45, 2.75) is 31.4 Å². The summed E-state index contributed by atoms with van der Waals surface area (Å²) in [5.74, 6) is -1.13. The maximum atomic E-state index is 12.8. The number of rotatable bonds is 6. The average Bonchev–Trinajstić information content (AvgIpc) is 2.57. The van der Waals surface area contributed by atoms with Crippen molar-refractivity contribution in [1.29, 1.82) is 0 Å². The number of benzene rings is 2. The third-order valence-corrected chi connectivity index (χ3v) is 3.83. The zero-order valence-corrected chi connectivity index (χ0v) is 13.7. The van der Waals surface area contributed by atoms with Gasteiger partial charge in [0.05, 0.1) is 17.5 Å². The van der Waals surface area contributed by atoms with Crippen LogP contribution in [0.25, 0.3) is 0 Å². The molecule has 0 radical (unpaired) electrons. The van der Waals surface area contributed by atoms with Crippen LogP contribution in [0.2, 0.25) is 0 Å². The predicted molar refractivity (Wildman–Crippen MR) is 85.1 cm³/mol. The molecule has 27 heavy (non-hydrogen) atoms. The van der Waals surface area contributed by atoms with E-state index in [4.69, 9.17) is 5.11 Å². The standard InChI is InChI=1S/C18H15F6NO2/c19-17(20,21)9-15(12-5-7-14(8-6-12)18(22,23)24)25-10-11-1-3-13(4-2-11)16(26)27/h1-8,15,25H,9-10H2,(H,26,27). The number of hydrogen-bond donors (Lipinski definition) is 2. The van der Waals surface area contributed by atoms with Gasteiger partial charge in [-0.15, -0.1) is 0 Å². The van der Waals surface area contributed by atoms with Crippen molar-refractivity contribution < 1.29 is 36.2 Å². The van der Waals surface area contributed by atoms with Crippen LogP contribution >= 0.6 is 0 Å². The molecule has 0 aliphatic heterocycles. The number of carbonyl (C=O) groups is 1. The molecule has 0 heterocycles. The minimum atomic E-state index is -4.57. The Morgan fingerprint density at radius 3 is 1.93 bits per heavy atom. The van der Waals surface area contributed by atoms with Gasteiger partial charge in [0, 0.05) is 12.6 Å². The Morgan fingerprint density at radius 1 is 0.926 bits per heavy atom. The van der Waals surface area contributed by atoms with Crippen LogP contribution in [-0.2, 0) is 12.7 Å². The van der Waals surface area contributed by atoms with Gasteiger partial charge in [-0.2, -0.15) is 26.3 Å². The molecule has 1 unspecified atom stereocenters. The monoisotopic (exact) mass is 391 g/mol. The van der Waals surface area contributed by atoms with E-state index in [0.29, 0.717) is 5.56 Å². The molecule has 0 amide bonds. The fraction of sp³-hybridized carbons (Fsp3) is 0.278. The van der Waals surface area contributed by atoms with Crippen molar-refractivity contribution in [3.8, 4) is 0 Å². The second-order valence-electron chi connectivity index (χ2n) is 5.87. The highest BCUT2D eigenvalue weighted by Crippen LogP contribution is 2.33. The van der Waals surface area contributed by atoms with E-state index < -0.39 is 36.3 Å². The van der Waals surface area contributed by atoms with E-state index in [-0.39, 0.29) is 17.7 Å². The van der Waals surface area contributed by atoms with Gasteiger partial charge in [-0.1, -0.05) is 24.3 Å². The van der Waals surface area contributed by atoms with Crippen molar-refractivity contribution in [3.05, 3.63) is 70.8 Å². The smallest absolute Gasteiger partial charge is 0.416 e. The summed E-state index contributed by atoms with van der Waals surface area (Å²) in [5.41, 5.74) is -0.295. The summed E-state index contributed by atoms with van der Waals surface area (Å²) in [6.07, 6.45) is -10.4. The molecule has 0 saturated heterocycles. The number of carboxylic acid groups (broad SMARTS) is 1. The van der Waals surface area contributed by atoms with Crippen molar-refractivity contribution in [3.63, 3.8) is 0 Å². The molecular formula is C18H15F6NO2. The minimum absolute atomic E-state index is 0.0122. The number of halogens is 6. The second kappa shape index (κ2) is 7.99. The number of alkyl halides is 6. The lowest BCUT2D eigenvalue weighted by Crippen LogP contribution is -2.26. The molecule has 146 valence electrons. The molecule has 2 N–H and O–H groups in total. The molecular weight excluding hydrogens is 376 g/mol. The third-order valence-electron chi connectivity index (χ3n) is 3.83. The fourth-order valence-corrected chi connectivity index (χ4v) is 2.45. The van der Waals surface area contributed by atoms with Crippen LogP contribution in [0.1, 0.15) is 39.5 Å². The molecule has 2 aromatic carbocycles. The Labute approximate surface area is 150 Å². The van der Waals surface area contributed by atoms with Gasteiger partial charge in [-0.05, 0) is 35.4 Å². The molecule has 2 aromatic rings. The maximum Gasteiger partial charge on any atom is 0.416 e. The van der Waals surface area contributed by atoms with Crippen LogP contribution in [0.15, 0.2) is 48.5 Å². The molecule has 0 aliphatic rings. The highest BCUT2D eigenvalue weighted by atomic mass is 19.4. The molecule has 0 fully saturated rings. The molecule has 9 heteroatoms. The van der Waals surface area contributed by atoms with Gasteiger partial charge in [0.15, 0.2) is 0 Å². The Hall–Kier alpha value is -2.55. The van der Waals surface area contributed by atoms with Crippen LogP contribution in [0.4, 0.5) is 26.3 Å². The van der Waals surface area contributed by atoms with Gasteiger partial charge >= 0.3 is 18.3 Å². The summed E-state index contributed by atoms with van der Waals surface area (Å²) in [5, 5.41) is 11.5. The molecule has 3 nitrogen and oxygen atoms in total. The SMILES string of the molecule is O=C(O)c1ccc(CNC(CC(F)(F)F)c2ccc(C(F)(F)F)cc2)cc1. The summed E-state index contributed by atoms with van der Waals surface area (Å²) in [6.45, 7) is -0.0122. The van der Waals surface area contributed by atoms with Crippen molar-refractivity contribution >= 4 is 5.97 Å². The highest BCUT2D eigenvalue weighted by Gasteiger charge is 2.34. The Kier molecular flexibility index (Phi) is 6.15. The number of aromatic carboxylic acids is 1. The number of nitrogens with one attached hydrogen (secondary N) is 1. The van der Waals surface area contributed by atoms with E-state index in [2.05, 4.69) is 5.32 Å². The Balaban J connectivity index is 2.15. The number of hydrogen-bond acceptors (Lipinski definition) is 2. The summed E-state index contributed by atoms with van der Waals surface area (Å²) >= 11 is 0. The Morgan fingerprint density at radius 2 is 1.48 bits per heavy atom. The molecule has 0 saturated carbocycles. The van der Waals surface area contributed by atoms with Crippen LogP contribution in [0.5, 0.6) is 0 Å². The summed E-state index contributed by atoms with van der Waals surface area (Å²) in [4.78, 5) is 10.8. The normalized spacial score (nSPS) is 13.4. The average molecular weight is 391 g/mol. The first-order chi connectivity index (χ1) is 12.5. The van der Waals surface area contributed by atoms with Gasteiger partial charge in [-0.3, -0.25) is 0 Å². The minimum Gasteiger partial charge on any atom is -0.478 e. The maximum absolute atomic E-state index is 12.8. The van der Waals surface area contributed by atoms with Crippen LogP contribution in [-0.4, -0.2) is 17.3 Å². The summed E-state index contributed by atoms with van der Waals surface area (Å²) in [6, 6.07) is 7.80. The van der Waals surface area contributed by atoms with Crippen LogP contribution < -0.4 is 5.32 Å². The molecule has 0 aliphatic carbocycles. The van der Waals surface area contributed by atoms with E-state index in [9.17, 15) is 31.1 Å². The van der Waals surface area contributed by atoms with Crippen molar-refractivity contribution in [2.24, 2.45) is 0 Å². The van der Waals surface area contributed by atoms with Gasteiger partial charge in [0.1, 0.15) is 0 Å². The summed E-state index contributed by atoms with van der Waals surface area (Å²) < 4.78 is 76.4. The van der Waals surface area contributed by atoms with Crippen molar-refractivity contribution in [1.82, 2.24) is 5.32 Å². The van der Waals surface area contributed by atoms with E-state index in [0.717, 1.165) is 24.3 Å². The number of carboxylic acids is 1. The Bertz CT molecular complexity index is 766. The highest BCUT2D eigenvalue weighted by molar-refractivity contribution is 5.87. The molecule has 1 atom stereocenters. The topological polar surface area (TPSA) is 49.3 Å². The second-order valence-corrected chi connectivity index (χ2v) is 5.87. The zero-order valence-electron chi connectivity index (χ0n) is 13.7. The van der Waals surface area contributed by atoms with E-state index in [1.807, 2.05) is 0 Å². The van der Waals surface area contributed by atoms with E-state index >= 15 is 0 Å². The fourth-order valence-electron chi connectivity index (χ4n) is 2.45. The third kappa shape index (κ3) is 6.28. The quantitative estimate of drug-likeness (QED) is 0.667. The van der Waals surface area contributed by atoms with E-state index in [1.165, 1.54) is 24.3 Å². The first kappa shape index (κ1) is 20.8. The lowest BCUT2D eigenvalue weighted by molar-refractivity contribution is -0.141. The first-order valence-electron chi connectivity index (χ1n) is 7.75. The summed E-state index contributed by atoms with van der Waals surface area (Å²) in [7, 11) is 0. The van der Waals surface area contributed by atoms with Gasteiger partial charge in [0.25, 0.3) is 0 Å². The lowest BCUT2D eigenvalue weighted by atomic mass is 10.0. The molecule has 2 rings (SSSR count). The van der Waals surface area contributed by atoms with Crippen LogP contribution in [0, 0.1) is 0 Å². The van der Waals surface area contributed by atoms with E-state index in [1.54, 1.807) is 0 Å². The van der Waals surface area contributed by atoms with Gasteiger partial charge < -0.3 is 10.4 Å². The van der Waals surface area contributed by atoms with Crippen molar-refractivity contribution in [2.75, 3.05) is 0 Å². The zero-order chi connectivity index (χ0) is 20.2. The first-order valence-corrected chi connectivity index (χ1v) is 7.75.